The third-order valence-corrected chi connectivity index (χ3v) is 4.37. The Hall–Kier alpha value is -1.39. The number of benzene rings is 1. The standard InChI is InChI=1S/C16H22N2OS/c1-11-8-14(4-6-17)9-12(2)16(11)19-7-5-15-13(3)18-10-20-15/h8-10H,4-7,17H2,1-3H3. The van der Waals surface area contributed by atoms with Gasteiger partial charge >= 0.3 is 0 Å². The van der Waals surface area contributed by atoms with Crippen molar-refractivity contribution in [3.05, 3.63) is 44.9 Å². The fourth-order valence-corrected chi connectivity index (χ4v) is 3.15. The highest BCUT2D eigenvalue weighted by atomic mass is 32.1. The number of rotatable bonds is 6. The van der Waals surface area contributed by atoms with Gasteiger partial charge in [-0.1, -0.05) is 12.1 Å². The molecule has 0 saturated heterocycles. The average Bonchev–Trinajstić information content (AvgIpc) is 2.79. The van der Waals surface area contributed by atoms with Gasteiger partial charge in [-0.05, 0) is 50.4 Å². The minimum absolute atomic E-state index is 0.684. The molecule has 2 N–H and O–H groups in total. The SMILES string of the molecule is Cc1cc(CCN)cc(C)c1OCCc1scnc1C. The van der Waals surface area contributed by atoms with Gasteiger partial charge in [0.15, 0.2) is 0 Å². The molecular weight excluding hydrogens is 268 g/mol. The summed E-state index contributed by atoms with van der Waals surface area (Å²) < 4.78 is 5.98. The molecule has 20 heavy (non-hydrogen) atoms. The molecular formula is C16H22N2OS. The van der Waals surface area contributed by atoms with Crippen molar-refractivity contribution in [3.8, 4) is 5.75 Å². The molecule has 0 aliphatic carbocycles. The summed E-state index contributed by atoms with van der Waals surface area (Å²) in [5.74, 6) is 1.01. The van der Waals surface area contributed by atoms with Crippen LogP contribution in [0.4, 0.5) is 0 Å². The number of thiazole rings is 1. The van der Waals surface area contributed by atoms with Crippen molar-refractivity contribution in [1.29, 1.82) is 0 Å². The smallest absolute Gasteiger partial charge is 0.125 e. The molecule has 1 aromatic heterocycles. The summed E-state index contributed by atoms with van der Waals surface area (Å²) in [6.07, 6.45) is 1.84. The van der Waals surface area contributed by atoms with Crippen LogP contribution in [0.25, 0.3) is 0 Å². The maximum Gasteiger partial charge on any atom is 0.125 e. The normalized spacial score (nSPS) is 10.8. The van der Waals surface area contributed by atoms with Crippen LogP contribution in [0, 0.1) is 20.8 Å². The summed E-state index contributed by atoms with van der Waals surface area (Å²) in [4.78, 5) is 5.57. The lowest BCUT2D eigenvalue weighted by Crippen LogP contribution is -2.06. The Morgan fingerprint density at radius 2 is 1.85 bits per heavy atom. The molecule has 108 valence electrons. The highest BCUT2D eigenvalue weighted by Crippen LogP contribution is 2.25. The second kappa shape index (κ2) is 6.86. The average molecular weight is 290 g/mol. The van der Waals surface area contributed by atoms with Crippen molar-refractivity contribution < 1.29 is 4.74 Å². The summed E-state index contributed by atoms with van der Waals surface area (Å²) in [5.41, 5.74) is 12.3. The Labute approximate surface area is 124 Å². The van der Waals surface area contributed by atoms with E-state index >= 15 is 0 Å². The van der Waals surface area contributed by atoms with Gasteiger partial charge in [0, 0.05) is 11.3 Å². The van der Waals surface area contributed by atoms with E-state index in [1.165, 1.54) is 21.6 Å². The van der Waals surface area contributed by atoms with E-state index in [9.17, 15) is 0 Å². The lowest BCUT2D eigenvalue weighted by Gasteiger charge is -2.14. The van der Waals surface area contributed by atoms with Crippen LogP contribution < -0.4 is 10.5 Å². The predicted octanol–water partition coefficient (Wildman–Crippen LogP) is 3.19. The number of aryl methyl sites for hydroxylation is 3. The molecule has 4 heteroatoms. The molecule has 0 aliphatic heterocycles. The van der Waals surface area contributed by atoms with E-state index in [1.807, 2.05) is 12.4 Å². The molecule has 1 aromatic carbocycles. The maximum atomic E-state index is 5.98. The van der Waals surface area contributed by atoms with Crippen LogP contribution in [0.1, 0.15) is 27.3 Å². The summed E-state index contributed by atoms with van der Waals surface area (Å²) in [7, 11) is 0. The first kappa shape index (κ1) is 15.0. The first-order valence-electron chi connectivity index (χ1n) is 6.93. The number of hydrogen-bond donors (Lipinski definition) is 1. The number of nitrogens with two attached hydrogens (primary N) is 1. The quantitative estimate of drug-likeness (QED) is 0.889. The van der Waals surface area contributed by atoms with Crippen LogP contribution in [-0.4, -0.2) is 18.1 Å². The lowest BCUT2D eigenvalue weighted by molar-refractivity contribution is 0.318. The van der Waals surface area contributed by atoms with Crippen LogP contribution in [0.3, 0.4) is 0 Å². The van der Waals surface area contributed by atoms with Gasteiger partial charge in [0.1, 0.15) is 5.75 Å². The Balaban J connectivity index is 2.01. The third-order valence-electron chi connectivity index (χ3n) is 3.37. The van der Waals surface area contributed by atoms with E-state index in [0.29, 0.717) is 13.2 Å². The van der Waals surface area contributed by atoms with Crippen LogP contribution in [-0.2, 0) is 12.8 Å². The minimum Gasteiger partial charge on any atom is -0.493 e. The zero-order chi connectivity index (χ0) is 14.5. The van der Waals surface area contributed by atoms with Crippen molar-refractivity contribution >= 4 is 11.3 Å². The van der Waals surface area contributed by atoms with E-state index < -0.39 is 0 Å². The van der Waals surface area contributed by atoms with Gasteiger partial charge in [0.05, 0.1) is 17.8 Å². The third kappa shape index (κ3) is 3.58. The number of aromatic nitrogens is 1. The maximum absolute atomic E-state index is 5.98. The summed E-state index contributed by atoms with van der Waals surface area (Å²) >= 11 is 1.70. The molecule has 2 rings (SSSR count). The van der Waals surface area contributed by atoms with E-state index in [4.69, 9.17) is 10.5 Å². The molecule has 1 heterocycles. The van der Waals surface area contributed by atoms with Gasteiger partial charge in [-0.2, -0.15) is 0 Å². The van der Waals surface area contributed by atoms with Crippen LogP contribution in [0.2, 0.25) is 0 Å². The topological polar surface area (TPSA) is 48.1 Å². The molecule has 0 amide bonds. The summed E-state index contributed by atoms with van der Waals surface area (Å²) in [5, 5.41) is 0. The molecule has 0 radical (unpaired) electrons. The molecule has 0 aliphatic rings. The first-order valence-corrected chi connectivity index (χ1v) is 7.81. The highest BCUT2D eigenvalue weighted by molar-refractivity contribution is 7.09. The fraction of sp³-hybridized carbons (Fsp3) is 0.438. The number of ether oxygens (including phenoxy) is 1. The highest BCUT2D eigenvalue weighted by Gasteiger charge is 2.07. The Kier molecular flexibility index (Phi) is 5.15. The zero-order valence-electron chi connectivity index (χ0n) is 12.4. The molecule has 0 spiro atoms. The van der Waals surface area contributed by atoms with E-state index in [-0.39, 0.29) is 0 Å². The van der Waals surface area contributed by atoms with Crippen molar-refractivity contribution in [2.75, 3.05) is 13.2 Å². The van der Waals surface area contributed by atoms with Gasteiger partial charge in [0.25, 0.3) is 0 Å². The number of hydrogen-bond acceptors (Lipinski definition) is 4. The van der Waals surface area contributed by atoms with Crippen molar-refractivity contribution in [2.45, 2.75) is 33.6 Å². The molecule has 0 fully saturated rings. The van der Waals surface area contributed by atoms with Crippen LogP contribution in [0.5, 0.6) is 5.75 Å². The van der Waals surface area contributed by atoms with Gasteiger partial charge < -0.3 is 10.5 Å². The first-order chi connectivity index (χ1) is 9.61. The van der Waals surface area contributed by atoms with Crippen molar-refractivity contribution in [2.24, 2.45) is 5.73 Å². The Morgan fingerprint density at radius 1 is 1.15 bits per heavy atom. The second-order valence-electron chi connectivity index (χ2n) is 5.06. The van der Waals surface area contributed by atoms with E-state index in [1.54, 1.807) is 11.3 Å². The van der Waals surface area contributed by atoms with Crippen molar-refractivity contribution in [3.63, 3.8) is 0 Å². The molecule has 3 nitrogen and oxygen atoms in total. The van der Waals surface area contributed by atoms with Crippen LogP contribution in [0.15, 0.2) is 17.6 Å². The van der Waals surface area contributed by atoms with E-state index in [0.717, 1.165) is 24.3 Å². The fourth-order valence-electron chi connectivity index (χ4n) is 2.39. The molecule has 0 saturated carbocycles. The largest absolute Gasteiger partial charge is 0.493 e. The summed E-state index contributed by atoms with van der Waals surface area (Å²) in [6, 6.07) is 4.35. The van der Waals surface area contributed by atoms with Crippen LogP contribution >= 0.6 is 11.3 Å². The van der Waals surface area contributed by atoms with Gasteiger partial charge in [-0.3, -0.25) is 0 Å². The molecule has 2 aromatic rings. The monoisotopic (exact) mass is 290 g/mol. The Morgan fingerprint density at radius 3 is 2.40 bits per heavy atom. The van der Waals surface area contributed by atoms with Gasteiger partial charge in [0.2, 0.25) is 0 Å². The molecule has 0 atom stereocenters. The zero-order valence-corrected chi connectivity index (χ0v) is 13.2. The number of nitrogens with zero attached hydrogens (tertiary/aromatic N) is 1. The molecule has 0 unspecified atom stereocenters. The van der Waals surface area contributed by atoms with Crippen molar-refractivity contribution in [1.82, 2.24) is 4.98 Å². The van der Waals surface area contributed by atoms with Gasteiger partial charge in [-0.15, -0.1) is 11.3 Å². The molecule has 0 bridgehead atoms. The predicted molar refractivity (Wildman–Crippen MR) is 84.7 cm³/mol. The minimum atomic E-state index is 0.684. The van der Waals surface area contributed by atoms with E-state index in [2.05, 4.69) is 31.0 Å². The Bertz CT molecular complexity index is 555. The second-order valence-corrected chi connectivity index (χ2v) is 6.00. The summed E-state index contributed by atoms with van der Waals surface area (Å²) in [6.45, 7) is 7.62. The lowest BCUT2D eigenvalue weighted by atomic mass is 10.0. The van der Waals surface area contributed by atoms with Gasteiger partial charge in [-0.25, -0.2) is 4.98 Å².